The number of methoxy groups -OCH3 is 1. The van der Waals surface area contributed by atoms with Gasteiger partial charge in [0.15, 0.2) is 4.58 Å². The van der Waals surface area contributed by atoms with Crippen LogP contribution in [0.15, 0.2) is 46.9 Å². The van der Waals surface area contributed by atoms with Crippen LogP contribution in [0, 0.1) is 0 Å². The molecule has 1 aliphatic rings. The van der Waals surface area contributed by atoms with Crippen molar-refractivity contribution in [3.63, 3.8) is 0 Å². The molecule has 1 atom stereocenters. The van der Waals surface area contributed by atoms with Crippen molar-refractivity contribution in [3.8, 4) is 5.75 Å². The molecular weight excluding hydrogens is 487 g/mol. The number of nitrogens with zero attached hydrogens (tertiary/aromatic N) is 1. The molecule has 0 saturated heterocycles. The van der Waals surface area contributed by atoms with E-state index >= 15 is 0 Å². The Balaban J connectivity index is 1.58. The van der Waals surface area contributed by atoms with Gasteiger partial charge in [0.1, 0.15) is 5.75 Å². The average molecular weight is 508 g/mol. The molecule has 1 aromatic heterocycles. The first kappa shape index (κ1) is 19.5. The SMILES string of the molecule is COc1cccc(NCCCn2c3c(c4cc(Br)ccc42)=CC(F)(Br)CC=3)c1. The van der Waals surface area contributed by atoms with E-state index in [-0.39, 0.29) is 0 Å². The third-order valence-corrected chi connectivity index (χ3v) is 6.03. The van der Waals surface area contributed by atoms with E-state index in [9.17, 15) is 4.39 Å². The maximum Gasteiger partial charge on any atom is 0.187 e. The largest absolute Gasteiger partial charge is 0.497 e. The van der Waals surface area contributed by atoms with Crippen LogP contribution in [0.2, 0.25) is 0 Å². The number of halogens is 3. The fourth-order valence-corrected chi connectivity index (χ4v) is 4.44. The molecule has 0 bridgehead atoms. The Morgan fingerprint density at radius 3 is 2.93 bits per heavy atom. The number of rotatable bonds is 6. The second kappa shape index (κ2) is 7.91. The van der Waals surface area contributed by atoms with E-state index in [0.717, 1.165) is 56.9 Å². The zero-order chi connectivity index (χ0) is 19.7. The number of hydrogen-bond acceptors (Lipinski definition) is 2. The van der Waals surface area contributed by atoms with Gasteiger partial charge in [0, 0.05) is 57.2 Å². The van der Waals surface area contributed by atoms with E-state index in [1.165, 1.54) is 0 Å². The summed E-state index contributed by atoms with van der Waals surface area (Å²) in [4.78, 5) is 0. The maximum atomic E-state index is 14.5. The highest BCUT2D eigenvalue weighted by Gasteiger charge is 2.25. The fourth-order valence-electron chi connectivity index (χ4n) is 3.69. The highest BCUT2D eigenvalue weighted by Crippen LogP contribution is 2.29. The highest BCUT2D eigenvalue weighted by molar-refractivity contribution is 9.10. The van der Waals surface area contributed by atoms with Crippen LogP contribution in [0.4, 0.5) is 10.1 Å². The Kier molecular flexibility index (Phi) is 5.52. The molecule has 0 amide bonds. The fraction of sp³-hybridized carbons (Fsp3) is 0.273. The van der Waals surface area contributed by atoms with Crippen LogP contribution in [-0.4, -0.2) is 22.8 Å². The minimum absolute atomic E-state index is 0.333. The molecule has 146 valence electrons. The topological polar surface area (TPSA) is 26.2 Å². The number of alkyl halides is 2. The first-order valence-electron chi connectivity index (χ1n) is 9.23. The summed E-state index contributed by atoms with van der Waals surface area (Å²) in [7, 11) is 1.67. The number of hydrogen-bond donors (Lipinski definition) is 1. The Labute approximate surface area is 180 Å². The van der Waals surface area contributed by atoms with Gasteiger partial charge in [0.25, 0.3) is 0 Å². The minimum Gasteiger partial charge on any atom is -0.497 e. The van der Waals surface area contributed by atoms with E-state index in [2.05, 4.69) is 53.9 Å². The van der Waals surface area contributed by atoms with E-state index in [0.29, 0.717) is 6.42 Å². The summed E-state index contributed by atoms with van der Waals surface area (Å²) in [5.74, 6) is 0.843. The number of benzene rings is 2. The molecule has 0 fully saturated rings. The third-order valence-electron chi connectivity index (χ3n) is 4.99. The second-order valence-corrected chi connectivity index (χ2v) is 9.17. The lowest BCUT2D eigenvalue weighted by molar-refractivity contribution is 0.394. The molecule has 1 N–H and O–H groups in total. The van der Waals surface area contributed by atoms with Crippen LogP contribution in [0.1, 0.15) is 12.8 Å². The van der Waals surface area contributed by atoms with Gasteiger partial charge in [-0.15, -0.1) is 0 Å². The molecule has 1 aliphatic carbocycles. The third kappa shape index (κ3) is 3.98. The molecular formula is C22H21Br2FN2O. The summed E-state index contributed by atoms with van der Waals surface area (Å²) >= 11 is 6.72. The molecule has 1 unspecified atom stereocenters. The van der Waals surface area contributed by atoms with Crippen LogP contribution in [0.5, 0.6) is 5.75 Å². The second-order valence-electron chi connectivity index (χ2n) is 6.94. The normalized spacial score (nSPS) is 18.3. The van der Waals surface area contributed by atoms with Crippen molar-refractivity contribution in [1.82, 2.24) is 4.57 Å². The minimum atomic E-state index is -1.48. The Morgan fingerprint density at radius 2 is 2.11 bits per heavy atom. The molecule has 0 saturated carbocycles. The summed E-state index contributed by atoms with van der Waals surface area (Å²) in [6.45, 7) is 1.70. The molecule has 2 aromatic carbocycles. The average Bonchev–Trinajstić information content (AvgIpc) is 2.96. The summed E-state index contributed by atoms with van der Waals surface area (Å²) < 4.78 is 21.6. The predicted octanol–water partition coefficient (Wildman–Crippen LogP) is 4.94. The van der Waals surface area contributed by atoms with E-state index in [1.54, 1.807) is 13.2 Å². The first-order chi connectivity index (χ1) is 13.5. The van der Waals surface area contributed by atoms with E-state index < -0.39 is 4.58 Å². The van der Waals surface area contributed by atoms with Gasteiger partial charge in [-0.3, -0.25) is 0 Å². The van der Waals surface area contributed by atoms with Crippen LogP contribution >= 0.6 is 31.9 Å². The lowest BCUT2D eigenvalue weighted by atomic mass is 10.1. The summed E-state index contributed by atoms with van der Waals surface area (Å²) in [6.07, 6.45) is 4.97. The maximum absolute atomic E-state index is 14.5. The van der Waals surface area contributed by atoms with Gasteiger partial charge < -0.3 is 14.6 Å². The van der Waals surface area contributed by atoms with Crippen LogP contribution in [0.25, 0.3) is 23.1 Å². The summed E-state index contributed by atoms with van der Waals surface area (Å²) in [5.41, 5.74) is 2.18. The van der Waals surface area contributed by atoms with Crippen LogP contribution in [-0.2, 0) is 6.54 Å². The monoisotopic (exact) mass is 506 g/mol. The number of aryl methyl sites for hydroxylation is 1. The molecule has 0 spiro atoms. The van der Waals surface area contributed by atoms with Crippen LogP contribution in [0.3, 0.4) is 0 Å². The molecule has 3 aromatic rings. The van der Waals surface area contributed by atoms with Crippen molar-refractivity contribution in [1.29, 1.82) is 0 Å². The predicted molar refractivity (Wildman–Crippen MR) is 121 cm³/mol. The molecule has 1 heterocycles. The quantitative estimate of drug-likeness (QED) is 0.378. The van der Waals surface area contributed by atoms with Crippen molar-refractivity contribution in [2.24, 2.45) is 0 Å². The Bertz CT molecular complexity index is 1140. The number of aromatic nitrogens is 1. The number of anilines is 1. The van der Waals surface area contributed by atoms with Crippen molar-refractivity contribution in [2.45, 2.75) is 24.0 Å². The lowest BCUT2D eigenvalue weighted by Gasteiger charge is -2.14. The Morgan fingerprint density at radius 1 is 1.25 bits per heavy atom. The molecule has 3 nitrogen and oxygen atoms in total. The van der Waals surface area contributed by atoms with Gasteiger partial charge >= 0.3 is 0 Å². The van der Waals surface area contributed by atoms with Gasteiger partial charge in [0.05, 0.1) is 7.11 Å². The smallest absolute Gasteiger partial charge is 0.187 e. The molecule has 6 heteroatoms. The van der Waals surface area contributed by atoms with Crippen LogP contribution < -0.4 is 20.6 Å². The van der Waals surface area contributed by atoms with Gasteiger partial charge in [-0.25, -0.2) is 4.39 Å². The molecule has 0 radical (unpaired) electrons. The standard InChI is InChI=1S/C22H21Br2FN2O/c1-28-17-5-2-4-16(13-17)26-10-3-11-27-20-7-6-15(23)12-18(20)19-14-22(24,25)9-8-21(19)27/h2,4-8,12-14,26H,3,9-11H2,1H3. The molecule has 0 aliphatic heterocycles. The summed E-state index contributed by atoms with van der Waals surface area (Å²) in [5, 5.41) is 6.58. The highest BCUT2D eigenvalue weighted by atomic mass is 79.9. The molecule has 28 heavy (non-hydrogen) atoms. The van der Waals surface area contributed by atoms with E-state index in [1.807, 2.05) is 36.4 Å². The summed E-state index contributed by atoms with van der Waals surface area (Å²) in [6, 6.07) is 14.1. The van der Waals surface area contributed by atoms with Crippen molar-refractivity contribution in [3.05, 3.63) is 57.5 Å². The van der Waals surface area contributed by atoms with Gasteiger partial charge in [0.2, 0.25) is 0 Å². The number of nitrogens with one attached hydrogen (secondary N) is 1. The number of fused-ring (bicyclic) bond motifs is 3. The van der Waals surface area contributed by atoms with Crippen molar-refractivity contribution < 1.29 is 9.13 Å². The van der Waals surface area contributed by atoms with Gasteiger partial charge in [-0.1, -0.05) is 28.1 Å². The van der Waals surface area contributed by atoms with Crippen molar-refractivity contribution in [2.75, 3.05) is 19.0 Å². The van der Waals surface area contributed by atoms with E-state index in [4.69, 9.17) is 4.74 Å². The van der Waals surface area contributed by atoms with Crippen molar-refractivity contribution >= 4 is 60.6 Å². The Hall–Kier alpha value is -1.79. The molecule has 4 rings (SSSR count). The first-order valence-corrected chi connectivity index (χ1v) is 10.8. The lowest BCUT2D eigenvalue weighted by Crippen LogP contribution is -2.35. The zero-order valence-electron chi connectivity index (χ0n) is 15.5. The van der Waals surface area contributed by atoms with Gasteiger partial charge in [-0.2, -0.15) is 0 Å². The van der Waals surface area contributed by atoms with Gasteiger partial charge in [-0.05, 0) is 58.8 Å². The number of ether oxygens (including phenoxy) is 1. The zero-order valence-corrected chi connectivity index (χ0v) is 18.7.